The van der Waals surface area contributed by atoms with Crippen LogP contribution in [-0.4, -0.2) is 70.3 Å². The summed E-state index contributed by atoms with van der Waals surface area (Å²) in [6.07, 6.45) is -3.11. The number of esters is 1. The second-order valence-electron chi connectivity index (χ2n) is 5.56. The van der Waals surface area contributed by atoms with E-state index in [9.17, 15) is 25.2 Å². The first-order chi connectivity index (χ1) is 10.9. The Hall–Kier alpha value is -1.45. The van der Waals surface area contributed by atoms with Gasteiger partial charge in [-0.15, -0.1) is 0 Å². The van der Waals surface area contributed by atoms with E-state index >= 15 is 0 Å². The van der Waals surface area contributed by atoms with Crippen molar-refractivity contribution in [2.24, 2.45) is 5.92 Å². The van der Waals surface area contributed by atoms with E-state index in [4.69, 9.17) is 14.2 Å². The highest BCUT2D eigenvalue weighted by molar-refractivity contribution is 5.92. The first-order valence-corrected chi connectivity index (χ1v) is 7.41. The summed E-state index contributed by atoms with van der Waals surface area (Å²) < 4.78 is 15.8. The Bertz CT molecular complexity index is 500. The van der Waals surface area contributed by atoms with Gasteiger partial charge in [0.1, 0.15) is 30.7 Å². The average molecular weight is 330 g/mol. The Morgan fingerprint density at radius 3 is 2.61 bits per heavy atom. The fraction of sp³-hybridized carbons (Fsp3) is 0.667. The summed E-state index contributed by atoms with van der Waals surface area (Å²) in [5.74, 6) is -1.06. The van der Waals surface area contributed by atoms with E-state index in [2.05, 4.69) is 0 Å². The third-order valence-corrected chi connectivity index (χ3v) is 3.90. The Balaban J connectivity index is 2.28. The number of rotatable bonds is 4. The van der Waals surface area contributed by atoms with E-state index in [1.807, 2.05) is 0 Å². The molecule has 0 bridgehead atoms. The molecule has 4 N–H and O–H groups in total. The average Bonchev–Trinajstić information content (AvgIpc) is 2.90. The minimum Gasteiger partial charge on any atom is -0.461 e. The maximum Gasteiger partial charge on any atom is 0.338 e. The highest BCUT2D eigenvalue weighted by atomic mass is 16.7. The van der Waals surface area contributed by atoms with Crippen LogP contribution in [0.1, 0.15) is 13.8 Å². The van der Waals surface area contributed by atoms with Gasteiger partial charge in [0.15, 0.2) is 0 Å². The zero-order chi connectivity index (χ0) is 17.1. The number of ether oxygens (including phenoxy) is 3. The third-order valence-electron chi connectivity index (χ3n) is 3.90. The van der Waals surface area contributed by atoms with Gasteiger partial charge in [0.05, 0.1) is 24.2 Å². The normalized spacial score (nSPS) is 40.3. The van der Waals surface area contributed by atoms with Crippen molar-refractivity contribution in [3.05, 3.63) is 23.5 Å². The molecule has 2 heterocycles. The van der Waals surface area contributed by atoms with Crippen LogP contribution in [0.5, 0.6) is 0 Å². The molecule has 2 saturated heterocycles. The van der Waals surface area contributed by atoms with Crippen molar-refractivity contribution in [1.29, 1.82) is 0 Å². The number of carbonyl (C=O) groups excluding carboxylic acids is 1. The molecule has 2 rings (SSSR count). The summed E-state index contributed by atoms with van der Waals surface area (Å²) in [6.45, 7) is 2.98. The Morgan fingerprint density at radius 2 is 2.00 bits per heavy atom. The Labute approximate surface area is 133 Å². The molecule has 0 saturated carbocycles. The summed E-state index contributed by atoms with van der Waals surface area (Å²) in [5, 5.41) is 38.9. The molecule has 0 aromatic carbocycles. The third kappa shape index (κ3) is 3.56. The molecule has 2 aliphatic heterocycles. The summed E-state index contributed by atoms with van der Waals surface area (Å²) in [7, 11) is 0. The molecular weight excluding hydrogens is 308 g/mol. The summed E-state index contributed by atoms with van der Waals surface area (Å²) in [5.41, 5.74) is 0.148. The van der Waals surface area contributed by atoms with Crippen molar-refractivity contribution in [3.8, 4) is 0 Å². The quantitative estimate of drug-likeness (QED) is 0.288. The molecule has 6 atom stereocenters. The fourth-order valence-electron chi connectivity index (χ4n) is 2.53. The van der Waals surface area contributed by atoms with Crippen LogP contribution in [0.3, 0.4) is 0 Å². The number of aliphatic hydroxyl groups is 4. The van der Waals surface area contributed by atoms with Crippen LogP contribution in [0.4, 0.5) is 0 Å². The van der Waals surface area contributed by atoms with Crippen molar-refractivity contribution >= 4 is 5.97 Å². The standard InChI is InChI=1S/C15H22O8/c1-3-4-9(10-8(5-16)6-21-14(10)20)23-15-13(19)12(18)11(17)7(2)22-15/h3-4,7-8,11-13,15-19H,5-6H2,1-2H3/b4-3+,10-9+/t7-,8+,11-,12+,13+,15-/m0/s1. The molecule has 8 heteroatoms. The van der Waals surface area contributed by atoms with Gasteiger partial charge in [-0.2, -0.15) is 0 Å². The number of allylic oxidation sites excluding steroid dienone is 2. The number of carbonyl (C=O) groups is 1. The molecule has 0 amide bonds. The van der Waals surface area contributed by atoms with E-state index in [1.54, 1.807) is 13.0 Å². The molecule has 23 heavy (non-hydrogen) atoms. The predicted molar refractivity (Wildman–Crippen MR) is 76.8 cm³/mol. The van der Waals surface area contributed by atoms with E-state index in [0.717, 1.165) is 0 Å². The van der Waals surface area contributed by atoms with Crippen LogP contribution in [0.2, 0.25) is 0 Å². The van der Waals surface area contributed by atoms with Gasteiger partial charge >= 0.3 is 5.97 Å². The predicted octanol–water partition coefficient (Wildman–Crippen LogP) is -1.17. The maximum atomic E-state index is 11.9. The minimum absolute atomic E-state index is 0.0426. The molecule has 8 nitrogen and oxygen atoms in total. The van der Waals surface area contributed by atoms with Crippen LogP contribution in [0.15, 0.2) is 23.5 Å². The Morgan fingerprint density at radius 1 is 1.30 bits per heavy atom. The highest BCUT2D eigenvalue weighted by Gasteiger charge is 2.44. The van der Waals surface area contributed by atoms with Gasteiger partial charge in [-0.05, 0) is 19.9 Å². The molecule has 0 aromatic heterocycles. The maximum absolute atomic E-state index is 11.9. The van der Waals surface area contributed by atoms with Crippen molar-refractivity contribution < 1.29 is 39.4 Å². The molecule has 0 aliphatic carbocycles. The van der Waals surface area contributed by atoms with Crippen molar-refractivity contribution in [1.82, 2.24) is 0 Å². The van der Waals surface area contributed by atoms with Gasteiger partial charge in [-0.25, -0.2) is 4.79 Å². The van der Waals surface area contributed by atoms with Crippen molar-refractivity contribution in [2.75, 3.05) is 13.2 Å². The molecule has 2 fully saturated rings. The first kappa shape index (κ1) is 17.9. The molecule has 130 valence electrons. The van der Waals surface area contributed by atoms with E-state index in [-0.39, 0.29) is 24.5 Å². The van der Waals surface area contributed by atoms with E-state index < -0.39 is 42.6 Å². The van der Waals surface area contributed by atoms with Gasteiger partial charge in [0.25, 0.3) is 0 Å². The van der Waals surface area contributed by atoms with Crippen LogP contribution in [0, 0.1) is 5.92 Å². The Kier molecular flexibility index (Phi) is 5.77. The lowest BCUT2D eigenvalue weighted by Crippen LogP contribution is -2.57. The molecule has 0 aromatic rings. The number of cyclic esters (lactones) is 1. The minimum atomic E-state index is -1.49. The SMILES string of the molecule is C/C=C/C(O[C@@H]1O[C@@H](C)[C@H](O)[C@@H](O)[C@H]1O)=C1\C(=O)OC[C@H]1CO. The molecule has 0 radical (unpaired) electrons. The highest BCUT2D eigenvalue weighted by Crippen LogP contribution is 2.29. The summed E-state index contributed by atoms with van der Waals surface area (Å²) in [6, 6.07) is 0. The molecule has 2 aliphatic rings. The van der Waals surface area contributed by atoms with Crippen molar-refractivity contribution in [3.63, 3.8) is 0 Å². The van der Waals surface area contributed by atoms with Gasteiger partial charge in [-0.1, -0.05) is 6.08 Å². The number of aliphatic hydroxyl groups excluding tert-OH is 4. The lowest BCUT2D eigenvalue weighted by Gasteiger charge is -2.39. The second kappa shape index (κ2) is 7.41. The summed E-state index contributed by atoms with van der Waals surface area (Å²) >= 11 is 0. The first-order valence-electron chi connectivity index (χ1n) is 7.41. The van der Waals surface area contributed by atoms with Crippen molar-refractivity contribution in [2.45, 2.75) is 44.6 Å². The van der Waals surface area contributed by atoms with Gasteiger partial charge in [-0.3, -0.25) is 0 Å². The lowest BCUT2D eigenvalue weighted by molar-refractivity contribution is -0.282. The zero-order valence-electron chi connectivity index (χ0n) is 13.0. The van der Waals surface area contributed by atoms with Crippen LogP contribution < -0.4 is 0 Å². The largest absolute Gasteiger partial charge is 0.461 e. The fourth-order valence-corrected chi connectivity index (χ4v) is 2.53. The van der Waals surface area contributed by atoms with Crippen LogP contribution in [0.25, 0.3) is 0 Å². The van der Waals surface area contributed by atoms with Gasteiger partial charge in [0.2, 0.25) is 6.29 Å². The van der Waals surface area contributed by atoms with Gasteiger partial charge in [0, 0.05) is 0 Å². The van der Waals surface area contributed by atoms with E-state index in [0.29, 0.717) is 0 Å². The van der Waals surface area contributed by atoms with Crippen LogP contribution >= 0.6 is 0 Å². The van der Waals surface area contributed by atoms with Gasteiger partial charge < -0.3 is 34.6 Å². The zero-order valence-corrected chi connectivity index (χ0v) is 13.0. The monoisotopic (exact) mass is 330 g/mol. The number of hydrogen-bond acceptors (Lipinski definition) is 8. The molecular formula is C15H22O8. The second-order valence-corrected chi connectivity index (χ2v) is 5.56. The molecule has 0 spiro atoms. The number of hydrogen-bond donors (Lipinski definition) is 4. The lowest BCUT2D eigenvalue weighted by atomic mass is 9.99. The topological polar surface area (TPSA) is 126 Å². The summed E-state index contributed by atoms with van der Waals surface area (Å²) in [4.78, 5) is 11.9. The van der Waals surface area contributed by atoms with Crippen LogP contribution in [-0.2, 0) is 19.0 Å². The molecule has 0 unspecified atom stereocenters. The smallest absolute Gasteiger partial charge is 0.338 e. The van der Waals surface area contributed by atoms with E-state index in [1.165, 1.54) is 13.0 Å².